The van der Waals surface area contributed by atoms with Crippen LogP contribution in [0.5, 0.6) is 0 Å². The zero-order valence-corrected chi connectivity index (χ0v) is 10.6. The number of rotatable bonds is 5. The second kappa shape index (κ2) is 5.98. The molecule has 1 aromatic rings. The van der Waals surface area contributed by atoms with E-state index >= 15 is 0 Å². The minimum Gasteiger partial charge on any atom is -0.396 e. The van der Waals surface area contributed by atoms with Crippen LogP contribution in [0.25, 0.3) is 6.08 Å². The molecule has 1 saturated heterocycles. The van der Waals surface area contributed by atoms with E-state index < -0.39 is 0 Å². The zero-order valence-electron chi connectivity index (χ0n) is 10.6. The molecule has 0 radical (unpaired) electrons. The fourth-order valence-electron chi connectivity index (χ4n) is 2.31. The predicted octanol–water partition coefficient (Wildman–Crippen LogP) is 3.04. The normalized spacial score (nSPS) is 27.7. The summed E-state index contributed by atoms with van der Waals surface area (Å²) >= 11 is 0. The first-order valence-electron chi connectivity index (χ1n) is 6.35. The van der Waals surface area contributed by atoms with E-state index in [-0.39, 0.29) is 18.1 Å². The molecule has 2 rings (SSSR count). The third-order valence-corrected chi connectivity index (χ3v) is 3.50. The van der Waals surface area contributed by atoms with Gasteiger partial charge >= 0.3 is 0 Å². The number of aliphatic hydroxyl groups is 1. The van der Waals surface area contributed by atoms with Crippen molar-refractivity contribution in [2.45, 2.75) is 18.9 Å². The molecule has 0 aromatic heterocycles. The van der Waals surface area contributed by atoms with E-state index in [2.05, 4.69) is 30.9 Å². The molecule has 0 unspecified atom stereocenters. The summed E-state index contributed by atoms with van der Waals surface area (Å²) in [6, 6.07) is 10.2. The van der Waals surface area contributed by atoms with Gasteiger partial charge in [0, 0.05) is 5.41 Å². The van der Waals surface area contributed by atoms with Gasteiger partial charge in [0.2, 0.25) is 0 Å². The lowest BCUT2D eigenvalue weighted by Gasteiger charge is -2.22. The number of ether oxygens (including phenoxy) is 1. The highest BCUT2D eigenvalue weighted by molar-refractivity contribution is 5.48. The highest BCUT2D eigenvalue weighted by atomic mass is 16.5. The van der Waals surface area contributed by atoms with Gasteiger partial charge in [0.15, 0.2) is 0 Å². The largest absolute Gasteiger partial charge is 0.396 e. The second-order valence-corrected chi connectivity index (χ2v) is 4.96. The van der Waals surface area contributed by atoms with Crippen LogP contribution in [0, 0.1) is 5.41 Å². The van der Waals surface area contributed by atoms with Crippen LogP contribution in [0.4, 0.5) is 0 Å². The Hall–Kier alpha value is -1.38. The highest BCUT2D eigenvalue weighted by Gasteiger charge is 2.37. The molecular formula is C16H20O2. The Morgan fingerprint density at radius 2 is 2.17 bits per heavy atom. The molecular weight excluding hydrogens is 224 g/mol. The van der Waals surface area contributed by atoms with Gasteiger partial charge in [0.25, 0.3) is 0 Å². The van der Waals surface area contributed by atoms with Crippen LogP contribution in [0.3, 0.4) is 0 Å². The molecule has 0 saturated carbocycles. The summed E-state index contributed by atoms with van der Waals surface area (Å²) < 4.78 is 5.60. The van der Waals surface area contributed by atoms with Gasteiger partial charge in [-0.1, -0.05) is 48.6 Å². The van der Waals surface area contributed by atoms with Crippen molar-refractivity contribution < 1.29 is 9.84 Å². The van der Waals surface area contributed by atoms with Crippen molar-refractivity contribution in [3.05, 3.63) is 54.6 Å². The summed E-state index contributed by atoms with van der Waals surface area (Å²) in [6.07, 6.45) is 7.81. The lowest BCUT2D eigenvalue weighted by atomic mass is 9.82. The van der Waals surface area contributed by atoms with Crippen molar-refractivity contribution in [2.24, 2.45) is 5.41 Å². The molecule has 1 aliphatic heterocycles. The summed E-state index contributed by atoms with van der Waals surface area (Å²) in [7, 11) is 0. The molecule has 0 spiro atoms. The van der Waals surface area contributed by atoms with Gasteiger partial charge < -0.3 is 9.84 Å². The molecule has 96 valence electrons. The van der Waals surface area contributed by atoms with Crippen LogP contribution < -0.4 is 0 Å². The van der Waals surface area contributed by atoms with Gasteiger partial charge in [-0.15, -0.1) is 6.58 Å². The lowest BCUT2D eigenvalue weighted by Crippen LogP contribution is -2.25. The fraction of sp³-hybridized carbons (Fsp3) is 0.375. The zero-order chi connectivity index (χ0) is 12.8. The molecule has 2 atom stereocenters. The number of allylic oxidation sites excluding steroid dienone is 1. The standard InChI is InChI=1S/C16H20O2/c1-2-15-11-16(12-17,13-18-15)10-6-9-14-7-4-3-5-8-14/h2-9,15,17H,1,10-13H2/b9-6+/t15-,16+/m1/s1. The van der Waals surface area contributed by atoms with Crippen LogP contribution in [-0.2, 0) is 4.74 Å². The topological polar surface area (TPSA) is 29.5 Å². The second-order valence-electron chi connectivity index (χ2n) is 4.96. The summed E-state index contributed by atoms with van der Waals surface area (Å²) in [5.74, 6) is 0. The van der Waals surface area contributed by atoms with E-state index in [0.717, 1.165) is 12.8 Å². The Labute approximate surface area is 109 Å². The van der Waals surface area contributed by atoms with E-state index in [1.165, 1.54) is 5.56 Å². The Balaban J connectivity index is 1.96. The molecule has 1 fully saturated rings. The van der Waals surface area contributed by atoms with Crippen molar-refractivity contribution in [3.8, 4) is 0 Å². The summed E-state index contributed by atoms with van der Waals surface area (Å²) in [4.78, 5) is 0. The summed E-state index contributed by atoms with van der Waals surface area (Å²) in [6.45, 7) is 4.52. The van der Waals surface area contributed by atoms with Gasteiger partial charge in [-0.05, 0) is 18.4 Å². The first-order chi connectivity index (χ1) is 8.78. The number of aliphatic hydroxyl groups excluding tert-OH is 1. The minimum absolute atomic E-state index is 0.0854. The van der Waals surface area contributed by atoms with Crippen LogP contribution in [0.1, 0.15) is 18.4 Å². The van der Waals surface area contributed by atoms with E-state index in [0.29, 0.717) is 6.61 Å². The Bertz CT molecular complexity index is 410. The molecule has 1 N–H and O–H groups in total. The van der Waals surface area contributed by atoms with Crippen LogP contribution >= 0.6 is 0 Å². The SMILES string of the molecule is C=C[C@@H]1C[C@](CO)(C/C=C/c2ccccc2)CO1. The van der Waals surface area contributed by atoms with Crippen molar-refractivity contribution in [1.29, 1.82) is 0 Å². The van der Waals surface area contributed by atoms with Gasteiger partial charge in [0.1, 0.15) is 0 Å². The quantitative estimate of drug-likeness (QED) is 0.807. The average molecular weight is 244 g/mol. The van der Waals surface area contributed by atoms with Crippen LogP contribution in [-0.4, -0.2) is 24.4 Å². The van der Waals surface area contributed by atoms with Gasteiger partial charge in [-0.2, -0.15) is 0 Å². The molecule has 1 aliphatic rings. The van der Waals surface area contributed by atoms with Crippen molar-refractivity contribution in [2.75, 3.05) is 13.2 Å². The van der Waals surface area contributed by atoms with Gasteiger partial charge in [0.05, 0.1) is 19.3 Å². The lowest BCUT2D eigenvalue weighted by molar-refractivity contribution is 0.0852. The molecule has 2 nitrogen and oxygen atoms in total. The number of hydrogen-bond acceptors (Lipinski definition) is 2. The Morgan fingerprint density at radius 1 is 1.39 bits per heavy atom. The third kappa shape index (κ3) is 3.09. The maximum Gasteiger partial charge on any atom is 0.0760 e. The van der Waals surface area contributed by atoms with E-state index in [1.54, 1.807) is 0 Å². The fourth-order valence-corrected chi connectivity index (χ4v) is 2.31. The molecule has 1 aromatic carbocycles. The maximum absolute atomic E-state index is 9.58. The van der Waals surface area contributed by atoms with E-state index in [1.807, 2.05) is 24.3 Å². The highest BCUT2D eigenvalue weighted by Crippen LogP contribution is 2.36. The first kappa shape index (κ1) is 13.1. The first-order valence-corrected chi connectivity index (χ1v) is 6.35. The molecule has 18 heavy (non-hydrogen) atoms. The van der Waals surface area contributed by atoms with Crippen molar-refractivity contribution in [1.82, 2.24) is 0 Å². The molecule has 0 bridgehead atoms. The predicted molar refractivity (Wildman–Crippen MR) is 74.2 cm³/mol. The van der Waals surface area contributed by atoms with Crippen molar-refractivity contribution >= 4 is 6.08 Å². The maximum atomic E-state index is 9.58. The molecule has 1 heterocycles. The van der Waals surface area contributed by atoms with E-state index in [4.69, 9.17) is 4.74 Å². The minimum atomic E-state index is -0.135. The number of hydrogen-bond donors (Lipinski definition) is 1. The summed E-state index contributed by atoms with van der Waals surface area (Å²) in [5, 5.41) is 9.58. The van der Waals surface area contributed by atoms with Crippen LogP contribution in [0.2, 0.25) is 0 Å². The molecule has 2 heteroatoms. The van der Waals surface area contributed by atoms with Crippen LogP contribution in [0.15, 0.2) is 49.1 Å². The Morgan fingerprint density at radius 3 is 2.78 bits per heavy atom. The summed E-state index contributed by atoms with van der Waals surface area (Å²) in [5.41, 5.74) is 1.05. The van der Waals surface area contributed by atoms with Gasteiger partial charge in [-0.3, -0.25) is 0 Å². The third-order valence-electron chi connectivity index (χ3n) is 3.50. The molecule has 0 amide bonds. The van der Waals surface area contributed by atoms with Crippen molar-refractivity contribution in [3.63, 3.8) is 0 Å². The van der Waals surface area contributed by atoms with Gasteiger partial charge in [-0.25, -0.2) is 0 Å². The Kier molecular flexibility index (Phi) is 4.34. The average Bonchev–Trinajstić information content (AvgIpc) is 2.84. The smallest absolute Gasteiger partial charge is 0.0760 e. The molecule has 0 aliphatic carbocycles. The number of benzene rings is 1. The van der Waals surface area contributed by atoms with E-state index in [9.17, 15) is 5.11 Å². The monoisotopic (exact) mass is 244 g/mol.